The second-order valence-corrected chi connectivity index (χ2v) is 7.00. The van der Waals surface area contributed by atoms with Gasteiger partial charge in [0.1, 0.15) is 0 Å². The highest BCUT2D eigenvalue weighted by molar-refractivity contribution is 5.93. The molecule has 12 heteroatoms. The number of piperidine rings is 1. The van der Waals surface area contributed by atoms with Crippen LogP contribution in [0.4, 0.5) is 26.3 Å². The summed E-state index contributed by atoms with van der Waals surface area (Å²) in [6.07, 6.45) is -10.7. The van der Waals surface area contributed by atoms with E-state index in [-0.39, 0.29) is 11.7 Å². The molecule has 0 aliphatic carbocycles. The number of nitrogens with one attached hydrogen (secondary N) is 1. The molecule has 1 amide bonds. The fourth-order valence-electron chi connectivity index (χ4n) is 3.69. The molecule has 3 heterocycles. The lowest BCUT2D eigenvalue weighted by molar-refractivity contribution is -0.334. The first kappa shape index (κ1) is 19.9. The predicted molar refractivity (Wildman–Crippen MR) is 81.0 cm³/mol. The molecule has 0 unspecified atom stereocenters. The minimum Gasteiger partial charge on any atom is -0.336 e. The summed E-state index contributed by atoms with van der Waals surface area (Å²) in [4.78, 5) is 13.1. The molecule has 6 nitrogen and oxygen atoms in total. The van der Waals surface area contributed by atoms with E-state index < -0.39 is 43.2 Å². The summed E-state index contributed by atoms with van der Waals surface area (Å²) in [5.74, 6) is -0.956. The van der Waals surface area contributed by atoms with E-state index in [1.807, 2.05) is 0 Å². The Kier molecular flexibility index (Phi) is 4.89. The Morgan fingerprint density at radius 2 is 1.74 bits per heavy atom. The molecule has 1 N–H and O–H groups in total. The summed E-state index contributed by atoms with van der Waals surface area (Å²) in [7, 11) is 0. The maximum Gasteiger partial charge on any atom is 0.404 e. The average molecular weight is 399 g/mol. The second-order valence-electron chi connectivity index (χ2n) is 7.00. The molecule has 0 radical (unpaired) electrons. The van der Waals surface area contributed by atoms with Crippen molar-refractivity contribution < 1.29 is 31.1 Å². The van der Waals surface area contributed by atoms with Crippen LogP contribution in [-0.2, 0) is 0 Å². The molecule has 2 aliphatic heterocycles. The number of hydrogen-bond donors (Lipinski definition) is 1. The number of hydrogen-bond acceptors (Lipinski definition) is 4. The van der Waals surface area contributed by atoms with Gasteiger partial charge in [0, 0.05) is 13.1 Å². The highest BCUT2D eigenvalue weighted by Crippen LogP contribution is 2.55. The number of carbonyl (C=O) groups is 1. The number of carbonyl (C=O) groups excluding carboxylic acids is 1. The first-order chi connectivity index (χ1) is 12.5. The first-order valence-corrected chi connectivity index (χ1v) is 8.53. The highest BCUT2D eigenvalue weighted by atomic mass is 19.4. The molecule has 1 aromatic rings. The molecule has 0 spiro atoms. The van der Waals surface area contributed by atoms with Crippen LogP contribution in [-0.4, -0.2) is 64.3 Å². The zero-order valence-corrected chi connectivity index (χ0v) is 14.5. The van der Waals surface area contributed by atoms with E-state index in [0.717, 1.165) is 25.9 Å². The maximum atomic E-state index is 13.2. The van der Waals surface area contributed by atoms with Gasteiger partial charge in [-0.15, -0.1) is 5.10 Å². The molecule has 1 aromatic heterocycles. The van der Waals surface area contributed by atoms with Crippen molar-refractivity contribution in [2.24, 2.45) is 5.41 Å². The van der Waals surface area contributed by atoms with Crippen molar-refractivity contribution in [2.75, 3.05) is 26.2 Å². The molecule has 0 aromatic carbocycles. The topological polar surface area (TPSA) is 63.1 Å². The Labute approximate surface area is 150 Å². The van der Waals surface area contributed by atoms with Gasteiger partial charge < -0.3 is 10.2 Å². The molecule has 152 valence electrons. The lowest BCUT2D eigenvalue weighted by Crippen LogP contribution is -2.52. The van der Waals surface area contributed by atoms with Crippen molar-refractivity contribution in [3.05, 3.63) is 11.4 Å². The predicted octanol–water partition coefficient (Wildman–Crippen LogP) is 2.47. The van der Waals surface area contributed by atoms with E-state index in [4.69, 9.17) is 0 Å². The monoisotopic (exact) mass is 399 g/mol. The van der Waals surface area contributed by atoms with Crippen molar-refractivity contribution in [1.29, 1.82) is 0 Å². The third kappa shape index (κ3) is 3.27. The van der Waals surface area contributed by atoms with E-state index in [1.165, 1.54) is 4.68 Å². The van der Waals surface area contributed by atoms with Gasteiger partial charge in [-0.3, -0.25) is 4.79 Å². The van der Waals surface area contributed by atoms with Crippen LogP contribution in [0.5, 0.6) is 0 Å². The molecule has 0 atom stereocenters. The fraction of sp³-hybridized carbons (Fsp3) is 0.800. The van der Waals surface area contributed by atoms with Crippen LogP contribution in [0.2, 0.25) is 0 Å². The largest absolute Gasteiger partial charge is 0.404 e. The lowest BCUT2D eigenvalue weighted by Gasteiger charge is -2.33. The van der Waals surface area contributed by atoms with E-state index in [9.17, 15) is 31.1 Å². The number of alkyl halides is 6. The van der Waals surface area contributed by atoms with Crippen molar-refractivity contribution in [1.82, 2.24) is 25.2 Å². The summed E-state index contributed by atoms with van der Waals surface area (Å²) < 4.78 is 80.6. The summed E-state index contributed by atoms with van der Waals surface area (Å²) >= 11 is 0. The van der Waals surface area contributed by atoms with E-state index >= 15 is 0 Å². The second kappa shape index (κ2) is 6.64. The van der Waals surface area contributed by atoms with Crippen LogP contribution in [0, 0.1) is 12.3 Å². The molecule has 0 saturated carbocycles. The maximum absolute atomic E-state index is 13.2. The normalized spacial score (nSPS) is 21.7. The van der Waals surface area contributed by atoms with Crippen LogP contribution < -0.4 is 5.32 Å². The summed E-state index contributed by atoms with van der Waals surface area (Å²) in [6.45, 7) is 0.945. The average Bonchev–Trinajstić information content (AvgIpc) is 3.19. The minimum atomic E-state index is -5.50. The van der Waals surface area contributed by atoms with Gasteiger partial charge in [-0.25, -0.2) is 4.68 Å². The Hall–Kier alpha value is -1.85. The number of aromatic nitrogens is 3. The van der Waals surface area contributed by atoms with Crippen LogP contribution in [0.15, 0.2) is 0 Å². The molecular formula is C15H19F6N5O. The molecule has 3 rings (SSSR count). The molecule has 2 aliphatic rings. The van der Waals surface area contributed by atoms with Gasteiger partial charge in [-0.2, -0.15) is 26.3 Å². The zero-order valence-electron chi connectivity index (χ0n) is 14.5. The Morgan fingerprint density at radius 1 is 1.15 bits per heavy atom. The van der Waals surface area contributed by atoms with Gasteiger partial charge in [0.15, 0.2) is 11.1 Å². The number of likely N-dealkylation sites (tertiary alicyclic amines) is 1. The Morgan fingerprint density at radius 3 is 2.26 bits per heavy atom. The van der Waals surface area contributed by atoms with Crippen LogP contribution in [0.3, 0.4) is 0 Å². The molecular weight excluding hydrogens is 380 g/mol. The minimum absolute atomic E-state index is 0.0108. The number of halogens is 6. The van der Waals surface area contributed by atoms with Gasteiger partial charge >= 0.3 is 12.4 Å². The Bertz CT molecular complexity index is 693. The number of rotatable bonds is 2. The SMILES string of the molecule is Cc1c(C(=O)N2CCC(C(F)(F)F)(C(F)(F)F)C2)nnn1C1CCNCC1. The van der Waals surface area contributed by atoms with Crippen molar-refractivity contribution in [3.63, 3.8) is 0 Å². The molecule has 2 fully saturated rings. The molecule has 2 saturated heterocycles. The van der Waals surface area contributed by atoms with E-state index in [0.29, 0.717) is 10.6 Å². The van der Waals surface area contributed by atoms with E-state index in [1.54, 1.807) is 6.92 Å². The highest BCUT2D eigenvalue weighted by Gasteiger charge is 2.73. The third-order valence-electron chi connectivity index (χ3n) is 5.43. The smallest absolute Gasteiger partial charge is 0.336 e. The molecule has 0 bridgehead atoms. The standard InChI is InChI=1S/C15H19F6N5O/c1-9-11(23-24-26(9)10-2-5-22-6-3-10)12(27)25-7-4-13(8-25,14(16,17)18)15(19,20)21/h10,22H,2-8H2,1H3. The van der Waals surface area contributed by atoms with Crippen LogP contribution >= 0.6 is 0 Å². The number of nitrogens with zero attached hydrogens (tertiary/aromatic N) is 4. The van der Waals surface area contributed by atoms with E-state index in [2.05, 4.69) is 15.6 Å². The van der Waals surface area contributed by atoms with Gasteiger partial charge in [0.05, 0.1) is 11.7 Å². The fourth-order valence-corrected chi connectivity index (χ4v) is 3.69. The van der Waals surface area contributed by atoms with Crippen LogP contribution in [0.25, 0.3) is 0 Å². The first-order valence-electron chi connectivity index (χ1n) is 8.53. The van der Waals surface area contributed by atoms with Crippen molar-refractivity contribution >= 4 is 5.91 Å². The Balaban J connectivity index is 1.82. The van der Waals surface area contributed by atoms with Gasteiger partial charge in [0.25, 0.3) is 5.91 Å². The van der Waals surface area contributed by atoms with Gasteiger partial charge in [-0.05, 0) is 39.3 Å². The summed E-state index contributed by atoms with van der Waals surface area (Å²) in [5, 5.41) is 10.8. The van der Waals surface area contributed by atoms with Crippen molar-refractivity contribution in [2.45, 2.75) is 44.6 Å². The summed E-state index contributed by atoms with van der Waals surface area (Å²) in [6, 6.07) is -0.0108. The zero-order chi connectivity index (χ0) is 20.0. The summed E-state index contributed by atoms with van der Waals surface area (Å²) in [5.41, 5.74) is -3.76. The van der Waals surface area contributed by atoms with Gasteiger partial charge in [0.2, 0.25) is 0 Å². The quantitative estimate of drug-likeness (QED) is 0.777. The van der Waals surface area contributed by atoms with Crippen LogP contribution in [0.1, 0.15) is 41.5 Å². The van der Waals surface area contributed by atoms with Crippen molar-refractivity contribution in [3.8, 4) is 0 Å². The number of amides is 1. The van der Waals surface area contributed by atoms with Gasteiger partial charge in [-0.1, -0.05) is 5.21 Å². The molecule has 27 heavy (non-hydrogen) atoms. The third-order valence-corrected chi connectivity index (χ3v) is 5.43. The lowest BCUT2D eigenvalue weighted by atomic mass is 9.85.